The highest BCUT2D eigenvalue weighted by molar-refractivity contribution is 5.84. The Hall–Kier alpha value is -3.02. The second-order valence-corrected chi connectivity index (χ2v) is 5.47. The molecule has 0 heterocycles. The molecular weight excluding hydrogens is 320 g/mol. The number of benzene rings is 2. The lowest BCUT2D eigenvalue weighted by Gasteiger charge is -2.13. The predicted octanol–water partition coefficient (Wildman–Crippen LogP) is 3.02. The summed E-state index contributed by atoms with van der Waals surface area (Å²) in [4.78, 5) is 12.0. The third-order valence-electron chi connectivity index (χ3n) is 3.38. The topological polar surface area (TPSA) is 80.2 Å². The summed E-state index contributed by atoms with van der Waals surface area (Å²) in [6, 6.07) is 12.3. The highest BCUT2D eigenvalue weighted by atomic mass is 16.5. The normalized spacial score (nSPS) is 12.0. The lowest BCUT2D eigenvalue weighted by Crippen LogP contribution is -2.33. The number of phenols is 1. The molecule has 2 N–H and O–H groups in total. The van der Waals surface area contributed by atoms with E-state index in [4.69, 9.17) is 9.47 Å². The minimum absolute atomic E-state index is 0.0585. The molecule has 1 amide bonds. The molecule has 0 bridgehead atoms. The number of nitrogens with zero attached hydrogens (tertiary/aromatic N) is 1. The Morgan fingerprint density at radius 3 is 2.68 bits per heavy atom. The maximum atomic E-state index is 12.0. The largest absolute Gasteiger partial charge is 0.504 e. The van der Waals surface area contributed by atoms with E-state index in [9.17, 15) is 9.90 Å². The standard InChI is InChI=1S/C19H22N2O4/c1-4-24-18-11-15(7-10-17(18)22)12-20-21-19(23)14(3)25-16-8-5-13(2)6-9-16/h5-12,14,22H,4H2,1-3H3,(H,21,23)/t14-/m1/s1. The van der Waals surface area contributed by atoms with Crippen molar-refractivity contribution >= 4 is 12.1 Å². The first-order valence-electron chi connectivity index (χ1n) is 8.01. The Balaban J connectivity index is 1.91. The number of aryl methyl sites for hydroxylation is 1. The number of hydrogen-bond donors (Lipinski definition) is 2. The fourth-order valence-corrected chi connectivity index (χ4v) is 2.02. The van der Waals surface area contributed by atoms with Crippen LogP contribution in [0.3, 0.4) is 0 Å². The lowest BCUT2D eigenvalue weighted by molar-refractivity contribution is -0.127. The van der Waals surface area contributed by atoms with Gasteiger partial charge in [0, 0.05) is 0 Å². The van der Waals surface area contributed by atoms with E-state index in [1.54, 1.807) is 19.1 Å². The Morgan fingerprint density at radius 1 is 1.28 bits per heavy atom. The summed E-state index contributed by atoms with van der Waals surface area (Å²) in [5.41, 5.74) is 4.24. The summed E-state index contributed by atoms with van der Waals surface area (Å²) in [7, 11) is 0. The van der Waals surface area contributed by atoms with Gasteiger partial charge in [-0.1, -0.05) is 17.7 Å². The summed E-state index contributed by atoms with van der Waals surface area (Å²) in [5.74, 6) is 0.690. The molecule has 6 nitrogen and oxygen atoms in total. The van der Waals surface area contributed by atoms with E-state index in [1.165, 1.54) is 12.3 Å². The molecule has 2 rings (SSSR count). The van der Waals surface area contributed by atoms with Crippen LogP contribution in [0, 0.1) is 6.92 Å². The summed E-state index contributed by atoms with van der Waals surface area (Å²) in [5, 5.41) is 13.6. The lowest BCUT2D eigenvalue weighted by atomic mass is 10.2. The van der Waals surface area contributed by atoms with Gasteiger partial charge in [0.25, 0.3) is 5.91 Å². The van der Waals surface area contributed by atoms with E-state index in [2.05, 4.69) is 10.5 Å². The molecule has 1 atom stereocenters. The van der Waals surface area contributed by atoms with Crippen molar-refractivity contribution in [3.05, 3.63) is 53.6 Å². The number of hydrazone groups is 1. The van der Waals surface area contributed by atoms with Gasteiger partial charge in [0.1, 0.15) is 5.75 Å². The summed E-state index contributed by atoms with van der Waals surface area (Å²) >= 11 is 0. The molecule has 132 valence electrons. The molecule has 0 aliphatic heterocycles. The number of carbonyl (C=O) groups is 1. The van der Waals surface area contributed by atoms with E-state index >= 15 is 0 Å². The summed E-state index contributed by atoms with van der Waals surface area (Å²) in [6.07, 6.45) is 0.789. The second kappa shape index (κ2) is 8.73. The average molecular weight is 342 g/mol. The van der Waals surface area contributed by atoms with Crippen molar-refractivity contribution in [2.75, 3.05) is 6.61 Å². The van der Waals surface area contributed by atoms with Crippen LogP contribution in [0.15, 0.2) is 47.6 Å². The van der Waals surface area contributed by atoms with Gasteiger partial charge in [-0.15, -0.1) is 0 Å². The molecule has 6 heteroatoms. The zero-order chi connectivity index (χ0) is 18.2. The first kappa shape index (κ1) is 18.3. The van der Waals surface area contributed by atoms with Crippen molar-refractivity contribution in [2.45, 2.75) is 26.9 Å². The molecule has 25 heavy (non-hydrogen) atoms. The molecule has 0 aromatic heterocycles. The Bertz CT molecular complexity index is 742. The molecule has 0 radical (unpaired) electrons. The summed E-state index contributed by atoms with van der Waals surface area (Å²) in [6.45, 7) is 5.90. The van der Waals surface area contributed by atoms with Crippen molar-refractivity contribution in [3.63, 3.8) is 0 Å². The number of rotatable bonds is 7. The van der Waals surface area contributed by atoms with Gasteiger partial charge < -0.3 is 14.6 Å². The van der Waals surface area contributed by atoms with Crippen molar-refractivity contribution < 1.29 is 19.4 Å². The van der Waals surface area contributed by atoms with Crippen LogP contribution in [0.4, 0.5) is 0 Å². The highest BCUT2D eigenvalue weighted by Crippen LogP contribution is 2.26. The molecule has 0 saturated heterocycles. The zero-order valence-corrected chi connectivity index (χ0v) is 14.5. The quantitative estimate of drug-likeness (QED) is 0.599. The van der Waals surface area contributed by atoms with Gasteiger partial charge >= 0.3 is 0 Å². The molecule has 0 fully saturated rings. The van der Waals surface area contributed by atoms with Gasteiger partial charge in [-0.25, -0.2) is 5.43 Å². The molecule has 2 aromatic carbocycles. The Labute approximate surface area is 147 Å². The van der Waals surface area contributed by atoms with Crippen LogP contribution in [0.5, 0.6) is 17.2 Å². The van der Waals surface area contributed by atoms with Crippen LogP contribution in [0.2, 0.25) is 0 Å². The molecule has 0 aliphatic rings. The van der Waals surface area contributed by atoms with Gasteiger partial charge in [-0.2, -0.15) is 5.10 Å². The smallest absolute Gasteiger partial charge is 0.280 e. The van der Waals surface area contributed by atoms with Crippen molar-refractivity contribution in [2.24, 2.45) is 5.10 Å². The van der Waals surface area contributed by atoms with Crippen molar-refractivity contribution in [3.8, 4) is 17.2 Å². The predicted molar refractivity (Wildman–Crippen MR) is 96.3 cm³/mol. The third-order valence-corrected chi connectivity index (χ3v) is 3.38. The Kier molecular flexibility index (Phi) is 6.39. The van der Waals surface area contributed by atoms with Gasteiger partial charge in [0.15, 0.2) is 17.6 Å². The Morgan fingerprint density at radius 2 is 2.00 bits per heavy atom. The van der Waals surface area contributed by atoms with E-state index in [0.29, 0.717) is 23.7 Å². The molecule has 0 spiro atoms. The van der Waals surface area contributed by atoms with Crippen LogP contribution >= 0.6 is 0 Å². The number of nitrogens with one attached hydrogen (secondary N) is 1. The molecular formula is C19H22N2O4. The maximum Gasteiger partial charge on any atom is 0.280 e. The minimum Gasteiger partial charge on any atom is -0.504 e. The SMILES string of the molecule is CCOc1cc(C=NNC(=O)[C@@H](C)Oc2ccc(C)cc2)ccc1O. The first-order chi connectivity index (χ1) is 12.0. The van der Waals surface area contributed by atoms with E-state index in [0.717, 1.165) is 5.56 Å². The third kappa shape index (κ3) is 5.53. The van der Waals surface area contributed by atoms with Gasteiger partial charge in [-0.05, 0) is 56.7 Å². The fourth-order valence-electron chi connectivity index (χ4n) is 2.02. The number of carbonyl (C=O) groups excluding carboxylic acids is 1. The zero-order valence-electron chi connectivity index (χ0n) is 14.5. The number of ether oxygens (including phenoxy) is 2. The highest BCUT2D eigenvalue weighted by Gasteiger charge is 2.13. The van der Waals surface area contributed by atoms with Crippen LogP contribution < -0.4 is 14.9 Å². The molecule has 0 aliphatic carbocycles. The van der Waals surface area contributed by atoms with Crippen LogP contribution in [0.1, 0.15) is 25.0 Å². The van der Waals surface area contributed by atoms with Crippen molar-refractivity contribution in [1.82, 2.24) is 5.43 Å². The van der Waals surface area contributed by atoms with Crippen LogP contribution in [-0.2, 0) is 4.79 Å². The van der Waals surface area contributed by atoms with Gasteiger partial charge in [0.05, 0.1) is 12.8 Å². The minimum atomic E-state index is -0.682. The number of hydrogen-bond acceptors (Lipinski definition) is 5. The van der Waals surface area contributed by atoms with Gasteiger partial charge in [-0.3, -0.25) is 4.79 Å². The molecule has 0 unspecified atom stereocenters. The monoisotopic (exact) mass is 342 g/mol. The van der Waals surface area contributed by atoms with Gasteiger partial charge in [0.2, 0.25) is 0 Å². The van der Waals surface area contributed by atoms with E-state index in [1.807, 2.05) is 38.1 Å². The fraction of sp³-hybridized carbons (Fsp3) is 0.263. The summed E-state index contributed by atoms with van der Waals surface area (Å²) < 4.78 is 10.9. The first-order valence-corrected chi connectivity index (χ1v) is 8.01. The molecule has 2 aromatic rings. The average Bonchev–Trinajstić information content (AvgIpc) is 2.59. The van der Waals surface area contributed by atoms with E-state index < -0.39 is 6.10 Å². The maximum absolute atomic E-state index is 12.0. The number of amides is 1. The van der Waals surface area contributed by atoms with Crippen LogP contribution in [0.25, 0.3) is 0 Å². The second-order valence-electron chi connectivity index (χ2n) is 5.47. The molecule has 0 saturated carbocycles. The van der Waals surface area contributed by atoms with E-state index in [-0.39, 0.29) is 11.7 Å². The number of aromatic hydroxyl groups is 1. The van der Waals surface area contributed by atoms with Crippen LogP contribution in [-0.4, -0.2) is 29.9 Å². The number of phenolic OH excluding ortho intramolecular Hbond substituents is 1. The van der Waals surface area contributed by atoms with Crippen molar-refractivity contribution in [1.29, 1.82) is 0 Å².